The quantitative estimate of drug-likeness (QED) is 0.140. The van der Waals surface area contributed by atoms with Crippen molar-refractivity contribution in [1.29, 1.82) is 0 Å². The molecule has 35 heavy (non-hydrogen) atoms. The summed E-state index contributed by atoms with van der Waals surface area (Å²) in [7, 11) is 0. The lowest BCUT2D eigenvalue weighted by Gasteiger charge is -2.26. The number of ketones is 1. The summed E-state index contributed by atoms with van der Waals surface area (Å²) >= 11 is 0. The molecule has 0 spiro atoms. The molecule has 0 aliphatic heterocycles. The minimum atomic E-state index is -0.662. The number of ether oxygens (including phenoxy) is 1. The molecule has 0 aromatic heterocycles. The number of amides is 2. The van der Waals surface area contributed by atoms with Crippen LogP contribution in [0.4, 0.5) is 10.5 Å². The lowest BCUT2D eigenvalue weighted by molar-refractivity contribution is -0.124. The first-order chi connectivity index (χ1) is 16.8. The summed E-state index contributed by atoms with van der Waals surface area (Å²) in [5.41, 5.74) is 3.30. The fourth-order valence-electron chi connectivity index (χ4n) is 3.83. The van der Waals surface area contributed by atoms with Gasteiger partial charge in [-0.2, -0.15) is 0 Å². The summed E-state index contributed by atoms with van der Waals surface area (Å²) in [5.74, 6) is -0.720. The number of fused-ring (bicyclic) bond motifs is 1. The molecule has 0 heterocycles. The number of allylic oxidation sites excluding steroid dienone is 1. The van der Waals surface area contributed by atoms with Gasteiger partial charge in [0, 0.05) is 28.3 Å². The van der Waals surface area contributed by atoms with E-state index in [1.165, 1.54) is 13.0 Å². The number of carbonyl (C=O) groups excluding carboxylic acids is 3. The number of benzene rings is 3. The molecule has 2 amide bonds. The molecule has 8 heteroatoms. The average molecular weight is 477 g/mol. The Labute approximate surface area is 203 Å². The molecule has 0 radical (unpaired) electrons. The van der Waals surface area contributed by atoms with Crippen molar-refractivity contribution in [2.45, 2.75) is 32.8 Å². The second-order valence-electron chi connectivity index (χ2n) is 8.24. The number of phenolic OH excluding ortho intramolecular Hbond substituents is 1. The third-order valence-corrected chi connectivity index (χ3v) is 5.70. The molecule has 182 valence electrons. The molecular weight excluding hydrogens is 448 g/mol. The number of hydrogen-bond acceptors (Lipinski definition) is 6. The van der Waals surface area contributed by atoms with E-state index in [9.17, 15) is 19.5 Å². The van der Waals surface area contributed by atoms with Crippen LogP contribution in [0.3, 0.4) is 0 Å². The van der Waals surface area contributed by atoms with Crippen LogP contribution in [0.2, 0.25) is 0 Å². The van der Waals surface area contributed by atoms with Crippen LogP contribution in [0.15, 0.2) is 72.8 Å². The summed E-state index contributed by atoms with van der Waals surface area (Å²) in [6.45, 7) is 3.40. The van der Waals surface area contributed by atoms with E-state index >= 15 is 0 Å². The number of hydroxylamine groups is 1. The van der Waals surface area contributed by atoms with Gasteiger partial charge >= 0.3 is 6.09 Å². The van der Waals surface area contributed by atoms with E-state index in [-0.39, 0.29) is 17.5 Å². The van der Waals surface area contributed by atoms with Crippen LogP contribution in [-0.4, -0.2) is 28.1 Å². The molecule has 0 unspecified atom stereocenters. The highest BCUT2D eigenvalue weighted by Crippen LogP contribution is 2.37. The lowest BCUT2D eigenvalue weighted by atomic mass is 9.89. The predicted molar refractivity (Wildman–Crippen MR) is 132 cm³/mol. The highest BCUT2D eigenvalue weighted by Gasteiger charge is 2.26. The molecule has 0 bridgehead atoms. The minimum absolute atomic E-state index is 0.0715. The molecule has 8 nitrogen and oxygen atoms in total. The number of rotatable bonds is 9. The maximum atomic E-state index is 12.8. The molecule has 3 aromatic carbocycles. The molecule has 0 aliphatic carbocycles. The van der Waals surface area contributed by atoms with Gasteiger partial charge in [-0.3, -0.25) is 20.1 Å². The Morgan fingerprint density at radius 1 is 1.00 bits per heavy atom. The van der Waals surface area contributed by atoms with Crippen LogP contribution in [0.25, 0.3) is 10.8 Å². The maximum absolute atomic E-state index is 12.8. The monoisotopic (exact) mass is 476 g/mol. The number of nitrogens with one attached hydrogen (secondary N) is 2. The van der Waals surface area contributed by atoms with Crippen molar-refractivity contribution in [3.05, 3.63) is 83.9 Å². The van der Waals surface area contributed by atoms with Gasteiger partial charge < -0.3 is 9.84 Å². The lowest BCUT2D eigenvalue weighted by Crippen LogP contribution is -2.22. The smallest absolute Gasteiger partial charge is 0.412 e. The molecule has 0 fully saturated rings. The second-order valence-corrected chi connectivity index (χ2v) is 8.24. The first kappa shape index (κ1) is 25.5. The highest BCUT2D eigenvalue weighted by molar-refractivity contribution is 5.95. The standard InChI is InChI=1S/C27H28N2O6/c1-17(7-3-6-10-25(32)29-34)26(23-15-16-24(31)22-9-5-4-8-21(22)23)35-27(33)28-20-13-11-19(12-14-20)18(2)30/h4-6,8-17,26,31,34H,3,7H2,1-2H3,(H,28,33)(H,29,32)/b10-6+/t17-,26-/m1/s1. The zero-order chi connectivity index (χ0) is 25.4. The van der Waals surface area contributed by atoms with Crippen molar-refractivity contribution in [2.24, 2.45) is 5.92 Å². The SMILES string of the molecule is CC(=O)c1ccc(NC(=O)O[C@@H](c2ccc(O)c3ccccc23)[C@H](C)CC/C=C/C(=O)NO)cc1. The van der Waals surface area contributed by atoms with Gasteiger partial charge in [-0.25, -0.2) is 10.3 Å². The van der Waals surface area contributed by atoms with Gasteiger partial charge in [0.2, 0.25) is 0 Å². The van der Waals surface area contributed by atoms with E-state index < -0.39 is 18.1 Å². The predicted octanol–water partition coefficient (Wildman–Crippen LogP) is 5.52. The Bertz CT molecular complexity index is 1240. The Hall–Kier alpha value is -4.17. The molecule has 0 saturated carbocycles. The van der Waals surface area contributed by atoms with Crippen molar-refractivity contribution >= 4 is 34.2 Å². The van der Waals surface area contributed by atoms with Gasteiger partial charge in [0.25, 0.3) is 5.91 Å². The summed E-state index contributed by atoms with van der Waals surface area (Å²) in [5, 5.41) is 23.0. The van der Waals surface area contributed by atoms with Crippen LogP contribution < -0.4 is 10.8 Å². The first-order valence-electron chi connectivity index (χ1n) is 11.2. The third kappa shape index (κ3) is 6.68. The molecule has 4 N–H and O–H groups in total. The van der Waals surface area contributed by atoms with E-state index in [1.807, 2.05) is 25.1 Å². The van der Waals surface area contributed by atoms with Gasteiger partial charge in [-0.15, -0.1) is 0 Å². The third-order valence-electron chi connectivity index (χ3n) is 5.70. The fourth-order valence-corrected chi connectivity index (χ4v) is 3.83. The topological polar surface area (TPSA) is 125 Å². The van der Waals surface area contributed by atoms with E-state index in [0.717, 1.165) is 10.9 Å². The van der Waals surface area contributed by atoms with Crippen LogP contribution in [-0.2, 0) is 9.53 Å². The summed E-state index contributed by atoms with van der Waals surface area (Å²) in [6, 6.07) is 17.1. The Balaban J connectivity index is 1.84. The summed E-state index contributed by atoms with van der Waals surface area (Å²) < 4.78 is 5.89. The maximum Gasteiger partial charge on any atom is 0.412 e. The van der Waals surface area contributed by atoms with Gasteiger partial charge in [0.05, 0.1) is 0 Å². The van der Waals surface area contributed by atoms with Crippen molar-refractivity contribution < 1.29 is 29.4 Å². The van der Waals surface area contributed by atoms with E-state index in [4.69, 9.17) is 9.94 Å². The van der Waals surface area contributed by atoms with Crippen molar-refractivity contribution in [3.63, 3.8) is 0 Å². The Morgan fingerprint density at radius 2 is 1.69 bits per heavy atom. The molecule has 0 saturated heterocycles. The summed E-state index contributed by atoms with van der Waals surface area (Å²) in [4.78, 5) is 35.5. The summed E-state index contributed by atoms with van der Waals surface area (Å²) in [6.07, 6.45) is 2.64. The number of aromatic hydroxyl groups is 1. The molecule has 3 aromatic rings. The molecule has 0 aliphatic rings. The minimum Gasteiger partial charge on any atom is -0.507 e. The van der Waals surface area contributed by atoms with E-state index in [0.29, 0.717) is 29.5 Å². The van der Waals surface area contributed by atoms with Crippen LogP contribution in [0.5, 0.6) is 5.75 Å². The Kier molecular flexibility index (Phi) is 8.58. The van der Waals surface area contributed by atoms with Crippen molar-refractivity contribution in [3.8, 4) is 5.75 Å². The number of carbonyl (C=O) groups is 3. The number of anilines is 1. The van der Waals surface area contributed by atoms with E-state index in [1.54, 1.807) is 54.0 Å². The van der Waals surface area contributed by atoms with Gasteiger partial charge in [0.1, 0.15) is 11.9 Å². The Morgan fingerprint density at radius 3 is 2.34 bits per heavy atom. The molecule has 3 rings (SSSR count). The number of Topliss-reactive ketones (excluding diaryl/α,β-unsaturated/α-hetero) is 1. The van der Waals surface area contributed by atoms with E-state index in [2.05, 4.69) is 5.32 Å². The zero-order valence-electron chi connectivity index (χ0n) is 19.5. The fraction of sp³-hybridized carbons (Fsp3) is 0.222. The first-order valence-corrected chi connectivity index (χ1v) is 11.2. The van der Waals surface area contributed by atoms with Crippen molar-refractivity contribution in [1.82, 2.24) is 5.48 Å². The largest absolute Gasteiger partial charge is 0.507 e. The van der Waals surface area contributed by atoms with Crippen LogP contribution in [0, 0.1) is 5.92 Å². The van der Waals surface area contributed by atoms with Crippen LogP contribution >= 0.6 is 0 Å². The normalized spacial score (nSPS) is 12.8. The highest BCUT2D eigenvalue weighted by atomic mass is 16.6. The van der Waals surface area contributed by atoms with Gasteiger partial charge in [-0.05, 0) is 61.4 Å². The zero-order valence-corrected chi connectivity index (χ0v) is 19.5. The van der Waals surface area contributed by atoms with Gasteiger partial charge in [-0.1, -0.05) is 43.3 Å². The number of phenols is 1. The molecular formula is C27H28N2O6. The number of hydrogen-bond donors (Lipinski definition) is 4. The van der Waals surface area contributed by atoms with Crippen molar-refractivity contribution in [2.75, 3.05) is 5.32 Å². The molecule has 2 atom stereocenters. The average Bonchev–Trinajstić information content (AvgIpc) is 2.86. The second kappa shape index (κ2) is 11.8. The van der Waals surface area contributed by atoms with Crippen LogP contribution in [0.1, 0.15) is 48.7 Å². The van der Waals surface area contributed by atoms with Gasteiger partial charge in [0.15, 0.2) is 5.78 Å².